The molecule has 0 saturated carbocycles. The molecule has 0 saturated heterocycles. The minimum atomic E-state index is -0.0989. The lowest BCUT2D eigenvalue weighted by Gasteiger charge is -1.92. The van der Waals surface area contributed by atoms with Gasteiger partial charge in [-0.3, -0.25) is 9.78 Å². The first-order chi connectivity index (χ1) is 7.34. The maximum absolute atomic E-state index is 11.0. The molecule has 0 aliphatic heterocycles. The highest BCUT2D eigenvalue weighted by Gasteiger charge is 1.88. The summed E-state index contributed by atoms with van der Waals surface area (Å²) in [6, 6.07) is 10.7. The van der Waals surface area contributed by atoms with E-state index in [1.54, 1.807) is 12.3 Å². The van der Waals surface area contributed by atoms with Crippen LogP contribution >= 0.6 is 0 Å². The van der Waals surface area contributed by atoms with E-state index in [0.717, 1.165) is 11.4 Å². The highest BCUT2D eigenvalue weighted by Crippen LogP contribution is 2.01. The van der Waals surface area contributed by atoms with E-state index < -0.39 is 0 Å². The van der Waals surface area contributed by atoms with Crippen molar-refractivity contribution < 1.29 is 0 Å². The van der Waals surface area contributed by atoms with Gasteiger partial charge in [0, 0.05) is 18.0 Å². The fourth-order valence-electron chi connectivity index (χ4n) is 1.21. The minimum absolute atomic E-state index is 0.0989. The first-order valence-electron chi connectivity index (χ1n) is 4.63. The summed E-state index contributed by atoms with van der Waals surface area (Å²) in [5, 5.41) is 0. The number of aromatic nitrogens is 2. The Morgan fingerprint density at radius 1 is 1.07 bits per heavy atom. The summed E-state index contributed by atoms with van der Waals surface area (Å²) in [4.78, 5) is 17.8. The quantitative estimate of drug-likeness (QED) is 0.801. The monoisotopic (exact) mass is 198 g/mol. The van der Waals surface area contributed by atoms with Crippen LogP contribution in [0.25, 0.3) is 12.2 Å². The highest BCUT2D eigenvalue weighted by atomic mass is 16.1. The number of rotatable bonds is 2. The maximum atomic E-state index is 11.0. The molecule has 0 spiro atoms. The van der Waals surface area contributed by atoms with Crippen LogP contribution in [0, 0.1) is 0 Å². The second kappa shape index (κ2) is 4.37. The molecule has 0 unspecified atom stereocenters. The molecule has 2 rings (SSSR count). The first-order valence-corrected chi connectivity index (χ1v) is 4.63. The fourth-order valence-corrected chi connectivity index (χ4v) is 1.21. The van der Waals surface area contributed by atoms with E-state index in [1.165, 1.54) is 6.07 Å². The van der Waals surface area contributed by atoms with Gasteiger partial charge in [-0.1, -0.05) is 12.1 Å². The first kappa shape index (κ1) is 9.40. The summed E-state index contributed by atoms with van der Waals surface area (Å²) in [5.74, 6) is 0. The summed E-state index contributed by atoms with van der Waals surface area (Å²) in [7, 11) is 0. The summed E-state index contributed by atoms with van der Waals surface area (Å²) >= 11 is 0. The molecule has 0 radical (unpaired) electrons. The molecule has 2 aromatic heterocycles. The zero-order chi connectivity index (χ0) is 10.5. The molecule has 74 valence electrons. The molecule has 0 bridgehead atoms. The molecule has 0 aromatic carbocycles. The SMILES string of the molecule is O=c1cccc(/C=C/c2ccccn2)[nH]1. The van der Waals surface area contributed by atoms with Crippen molar-refractivity contribution in [1.29, 1.82) is 0 Å². The Morgan fingerprint density at radius 2 is 2.00 bits per heavy atom. The molecule has 0 fully saturated rings. The van der Waals surface area contributed by atoms with Gasteiger partial charge in [-0.2, -0.15) is 0 Å². The lowest BCUT2D eigenvalue weighted by atomic mass is 10.3. The zero-order valence-electron chi connectivity index (χ0n) is 8.05. The Bertz CT molecular complexity index is 514. The van der Waals surface area contributed by atoms with Crippen molar-refractivity contribution in [3.05, 3.63) is 64.3 Å². The van der Waals surface area contributed by atoms with E-state index in [9.17, 15) is 4.79 Å². The third-order valence-corrected chi connectivity index (χ3v) is 1.91. The predicted molar refractivity (Wildman–Crippen MR) is 60.2 cm³/mol. The van der Waals surface area contributed by atoms with Crippen molar-refractivity contribution >= 4 is 12.2 Å². The number of H-pyrrole nitrogens is 1. The molecule has 1 N–H and O–H groups in total. The van der Waals surface area contributed by atoms with E-state index in [0.29, 0.717) is 0 Å². The lowest BCUT2D eigenvalue weighted by Crippen LogP contribution is -2.03. The van der Waals surface area contributed by atoms with Crippen LogP contribution in [0.4, 0.5) is 0 Å². The number of pyridine rings is 2. The molecule has 2 heterocycles. The van der Waals surface area contributed by atoms with Crippen LogP contribution < -0.4 is 5.56 Å². The van der Waals surface area contributed by atoms with Gasteiger partial charge in [0.1, 0.15) is 0 Å². The minimum Gasteiger partial charge on any atom is -0.323 e. The van der Waals surface area contributed by atoms with E-state index in [2.05, 4.69) is 9.97 Å². The smallest absolute Gasteiger partial charge is 0.248 e. The third kappa shape index (κ3) is 2.64. The van der Waals surface area contributed by atoms with Gasteiger partial charge in [0.05, 0.1) is 5.69 Å². The van der Waals surface area contributed by atoms with Crippen molar-refractivity contribution in [3.63, 3.8) is 0 Å². The van der Waals surface area contributed by atoms with Crippen LogP contribution in [0.5, 0.6) is 0 Å². The Balaban J connectivity index is 2.23. The van der Waals surface area contributed by atoms with Gasteiger partial charge in [0.2, 0.25) is 5.56 Å². The Kier molecular flexibility index (Phi) is 2.74. The molecule has 0 aliphatic carbocycles. The Hall–Kier alpha value is -2.16. The topological polar surface area (TPSA) is 45.8 Å². The summed E-state index contributed by atoms with van der Waals surface area (Å²) in [6.45, 7) is 0. The van der Waals surface area contributed by atoms with Gasteiger partial charge >= 0.3 is 0 Å². The van der Waals surface area contributed by atoms with Crippen LogP contribution in [0.1, 0.15) is 11.4 Å². The summed E-state index contributed by atoms with van der Waals surface area (Å²) < 4.78 is 0. The van der Waals surface area contributed by atoms with Crippen molar-refractivity contribution in [2.75, 3.05) is 0 Å². The van der Waals surface area contributed by atoms with Crippen LogP contribution in [-0.2, 0) is 0 Å². The van der Waals surface area contributed by atoms with Crippen molar-refractivity contribution in [3.8, 4) is 0 Å². The van der Waals surface area contributed by atoms with Gasteiger partial charge in [0.15, 0.2) is 0 Å². The number of hydrogen-bond acceptors (Lipinski definition) is 2. The average molecular weight is 198 g/mol. The van der Waals surface area contributed by atoms with Gasteiger partial charge < -0.3 is 4.98 Å². The number of aromatic amines is 1. The van der Waals surface area contributed by atoms with Gasteiger partial charge in [-0.15, -0.1) is 0 Å². The predicted octanol–water partition coefficient (Wildman–Crippen LogP) is 1.94. The average Bonchev–Trinajstić information content (AvgIpc) is 2.28. The van der Waals surface area contributed by atoms with Crippen molar-refractivity contribution in [2.45, 2.75) is 0 Å². The standard InChI is InChI=1S/C12H10N2O/c15-12-6-3-5-11(14-12)8-7-10-4-1-2-9-13-10/h1-9H,(H,14,15)/b8-7+. The molecule has 2 aromatic rings. The second-order valence-corrected chi connectivity index (χ2v) is 3.06. The van der Waals surface area contributed by atoms with E-state index in [4.69, 9.17) is 0 Å². The van der Waals surface area contributed by atoms with Gasteiger partial charge in [-0.25, -0.2) is 0 Å². The van der Waals surface area contributed by atoms with Crippen LogP contribution in [-0.4, -0.2) is 9.97 Å². The number of hydrogen-bond donors (Lipinski definition) is 1. The largest absolute Gasteiger partial charge is 0.323 e. The summed E-state index contributed by atoms with van der Waals surface area (Å²) in [6.07, 6.45) is 5.41. The lowest BCUT2D eigenvalue weighted by molar-refractivity contribution is 1.21. The molecule has 0 aliphatic rings. The van der Waals surface area contributed by atoms with E-state index >= 15 is 0 Å². The molecule has 0 atom stereocenters. The van der Waals surface area contributed by atoms with Gasteiger partial charge in [-0.05, 0) is 30.4 Å². The molecule has 3 nitrogen and oxygen atoms in total. The molecule has 0 amide bonds. The van der Waals surface area contributed by atoms with E-state index in [-0.39, 0.29) is 5.56 Å². The molecular formula is C12H10N2O. The van der Waals surface area contributed by atoms with E-state index in [1.807, 2.05) is 36.4 Å². The third-order valence-electron chi connectivity index (χ3n) is 1.91. The number of nitrogens with zero attached hydrogens (tertiary/aromatic N) is 1. The normalized spacial score (nSPS) is 10.7. The van der Waals surface area contributed by atoms with Crippen LogP contribution in [0.15, 0.2) is 47.4 Å². The van der Waals surface area contributed by atoms with Crippen LogP contribution in [0.3, 0.4) is 0 Å². The molecular weight excluding hydrogens is 188 g/mol. The summed E-state index contributed by atoms with van der Waals surface area (Å²) in [5.41, 5.74) is 1.54. The van der Waals surface area contributed by atoms with Gasteiger partial charge in [0.25, 0.3) is 0 Å². The second-order valence-electron chi connectivity index (χ2n) is 3.06. The maximum Gasteiger partial charge on any atom is 0.248 e. The molecule has 3 heteroatoms. The van der Waals surface area contributed by atoms with Crippen LogP contribution in [0.2, 0.25) is 0 Å². The fraction of sp³-hybridized carbons (Fsp3) is 0. The van der Waals surface area contributed by atoms with Crippen molar-refractivity contribution in [2.24, 2.45) is 0 Å². The Morgan fingerprint density at radius 3 is 2.73 bits per heavy atom. The van der Waals surface area contributed by atoms with Crippen molar-refractivity contribution in [1.82, 2.24) is 9.97 Å². The molecule has 15 heavy (non-hydrogen) atoms. The Labute approximate surface area is 87.1 Å². The highest BCUT2D eigenvalue weighted by molar-refractivity contribution is 5.65. The zero-order valence-corrected chi connectivity index (χ0v) is 8.05. The number of nitrogens with one attached hydrogen (secondary N) is 1.